The first-order chi connectivity index (χ1) is 28.5. The lowest BCUT2D eigenvalue weighted by atomic mass is 9.43. The number of hydrogen-bond acceptors (Lipinski definition) is 8. The summed E-state index contributed by atoms with van der Waals surface area (Å²) in [4.78, 5) is 27.6. The number of aliphatic hydroxyl groups excluding tert-OH is 2. The Morgan fingerprint density at radius 3 is 1.32 bits per heavy atom. The number of benzene rings is 1. The Balaban J connectivity index is 0.823. The number of fused-ring (bicyclic) bond motifs is 6. The van der Waals surface area contributed by atoms with Crippen LogP contribution in [0.4, 0.5) is 0 Å². The van der Waals surface area contributed by atoms with E-state index in [1.807, 2.05) is 0 Å². The highest BCUT2D eigenvalue weighted by atomic mass is 16.6. The van der Waals surface area contributed by atoms with Crippen LogP contribution in [-0.4, -0.2) is 60.8 Å². The van der Waals surface area contributed by atoms with Gasteiger partial charge < -0.3 is 29.2 Å². The number of carbonyl (C=O) groups is 2. The average Bonchev–Trinajstić information content (AvgIpc) is 3.22. The molecule has 8 nitrogen and oxygen atoms in total. The maximum atomic E-state index is 13.8. The van der Waals surface area contributed by atoms with Crippen molar-refractivity contribution in [2.45, 2.75) is 170 Å². The summed E-state index contributed by atoms with van der Waals surface area (Å²) in [5.74, 6) is 7.48. The molecule has 0 saturated heterocycles. The Hall–Kier alpha value is -2.32. The summed E-state index contributed by atoms with van der Waals surface area (Å²) in [7, 11) is 0. The maximum Gasteiger partial charge on any atom is 0.312 e. The Bertz CT molecular complexity index is 1490. The van der Waals surface area contributed by atoms with Crippen LogP contribution in [0.25, 0.3) is 0 Å². The fourth-order valence-electron chi connectivity index (χ4n) is 15.2. The van der Waals surface area contributed by atoms with E-state index in [2.05, 4.69) is 55.4 Å². The molecule has 14 atom stereocenters. The summed E-state index contributed by atoms with van der Waals surface area (Å²) in [5, 5.41) is 21.6. The van der Waals surface area contributed by atoms with E-state index in [1.54, 1.807) is 24.3 Å². The molecule has 7 rings (SSSR count). The van der Waals surface area contributed by atoms with Gasteiger partial charge in [-0.1, -0.05) is 54.4 Å². The van der Waals surface area contributed by atoms with Gasteiger partial charge in [-0.05, 0) is 198 Å². The van der Waals surface area contributed by atoms with Gasteiger partial charge in [0.15, 0.2) is 0 Å². The molecule has 1 aromatic carbocycles. The van der Waals surface area contributed by atoms with Crippen LogP contribution in [-0.2, 0) is 19.1 Å². The van der Waals surface area contributed by atoms with Crippen molar-refractivity contribution in [3.8, 4) is 11.5 Å². The molecule has 2 N–H and O–H groups in total. The summed E-state index contributed by atoms with van der Waals surface area (Å²) >= 11 is 0. The smallest absolute Gasteiger partial charge is 0.312 e. The van der Waals surface area contributed by atoms with Crippen molar-refractivity contribution in [1.29, 1.82) is 0 Å². The third-order valence-corrected chi connectivity index (χ3v) is 18.7. The lowest BCUT2D eigenvalue weighted by Gasteiger charge is -2.61. The van der Waals surface area contributed by atoms with Gasteiger partial charge in [-0.3, -0.25) is 9.59 Å². The topological polar surface area (TPSA) is 112 Å². The predicted molar refractivity (Wildman–Crippen MR) is 235 cm³/mol. The highest BCUT2D eigenvalue weighted by molar-refractivity contribution is 5.78. The number of ether oxygens (including phenoxy) is 4. The summed E-state index contributed by atoms with van der Waals surface area (Å²) in [6, 6.07) is 7.00. The number of rotatable bonds is 14. The summed E-state index contributed by atoms with van der Waals surface area (Å²) < 4.78 is 23.5. The van der Waals surface area contributed by atoms with E-state index >= 15 is 0 Å². The molecule has 0 aromatic heterocycles. The zero-order valence-corrected chi connectivity index (χ0v) is 38.7. The average molecular weight is 835 g/mol. The zero-order chi connectivity index (χ0) is 43.0. The van der Waals surface area contributed by atoms with Gasteiger partial charge in [0, 0.05) is 0 Å². The molecule has 8 heteroatoms. The minimum atomic E-state index is -0.951. The quantitative estimate of drug-likeness (QED) is 0.178. The van der Waals surface area contributed by atoms with Crippen LogP contribution >= 0.6 is 0 Å². The van der Waals surface area contributed by atoms with Gasteiger partial charge in [-0.25, -0.2) is 0 Å². The number of esters is 2. The van der Waals surface area contributed by atoms with Crippen molar-refractivity contribution in [1.82, 2.24) is 0 Å². The Kier molecular flexibility index (Phi) is 14.0. The monoisotopic (exact) mass is 835 g/mol. The number of carbonyl (C=O) groups excluding carboxylic acids is 2. The number of aliphatic hydroxyl groups is 2. The molecule has 0 bridgehead atoms. The van der Waals surface area contributed by atoms with Gasteiger partial charge in [0.05, 0.1) is 10.8 Å². The van der Waals surface area contributed by atoms with E-state index in [0.717, 1.165) is 74.0 Å². The molecule has 14 unspecified atom stereocenters. The fraction of sp³-hybridized carbons (Fsp3) is 0.846. The second-order valence-electron chi connectivity index (χ2n) is 22.8. The highest BCUT2D eigenvalue weighted by Gasteiger charge is 2.61. The molecule has 0 radical (unpaired) electrons. The molecule has 6 saturated carbocycles. The van der Waals surface area contributed by atoms with Gasteiger partial charge in [0.25, 0.3) is 0 Å². The molecule has 6 fully saturated rings. The van der Waals surface area contributed by atoms with E-state index in [0.29, 0.717) is 35.2 Å². The first kappa shape index (κ1) is 45.7. The maximum absolute atomic E-state index is 13.8. The van der Waals surface area contributed by atoms with Gasteiger partial charge >= 0.3 is 11.9 Å². The SMILES string of the molecule is CC(C)C1CCC2C(CCC3C(C)(C(=O)OCC(O)COc4ccc(OCC(O)COC(=O)C5(C)CCCC6(C)C7CCC(C(C)C)CC7CCC56)cc4)CCCC23C)C1. The third-order valence-electron chi connectivity index (χ3n) is 18.7. The summed E-state index contributed by atoms with van der Waals surface area (Å²) in [5.41, 5.74) is -0.720. The first-order valence-electron chi connectivity index (χ1n) is 24.5. The molecule has 6 aliphatic carbocycles. The van der Waals surface area contributed by atoms with E-state index in [9.17, 15) is 19.8 Å². The normalized spacial score (nSPS) is 39.9. The van der Waals surface area contributed by atoms with Gasteiger partial charge in [0.2, 0.25) is 0 Å². The molecule has 0 amide bonds. The molecule has 0 heterocycles. The van der Waals surface area contributed by atoms with Crippen LogP contribution in [0, 0.1) is 80.8 Å². The second-order valence-corrected chi connectivity index (χ2v) is 22.8. The second kappa shape index (κ2) is 18.4. The summed E-state index contributed by atoms with van der Waals surface area (Å²) in [6.45, 7) is 18.5. The minimum absolute atomic E-state index is 0.00500. The molecule has 338 valence electrons. The van der Waals surface area contributed by atoms with Gasteiger partial charge in [-0.2, -0.15) is 0 Å². The third kappa shape index (κ3) is 9.04. The van der Waals surface area contributed by atoms with Crippen LogP contribution < -0.4 is 9.47 Å². The van der Waals surface area contributed by atoms with Crippen LogP contribution in [0.15, 0.2) is 24.3 Å². The zero-order valence-electron chi connectivity index (χ0n) is 38.7. The molecule has 0 aliphatic heterocycles. The standard InChI is InChI=1S/C52H82O8/c1-33(2)35-11-19-43-37(27-35)13-21-45-49(43,5)23-9-25-51(45,7)47(55)59-31-39(53)29-57-41-15-17-42(18-16-41)58-30-40(54)32-60-48(56)52(8)26-10-24-50(6)44-20-12-36(34(3)4)28-38(44)14-22-46(50)52/h15-18,33-40,43-46,53-54H,9-14,19-32H2,1-8H3. The molecule has 6 aliphatic rings. The Labute approximate surface area is 363 Å². The van der Waals surface area contributed by atoms with Crippen molar-refractivity contribution in [3.05, 3.63) is 24.3 Å². The lowest BCUT2D eigenvalue weighted by molar-refractivity contribution is -0.182. The van der Waals surface area contributed by atoms with Crippen LogP contribution in [0.5, 0.6) is 11.5 Å². The molecule has 0 spiro atoms. The van der Waals surface area contributed by atoms with Crippen molar-refractivity contribution in [2.24, 2.45) is 80.8 Å². The van der Waals surface area contributed by atoms with E-state index in [1.165, 1.54) is 64.2 Å². The van der Waals surface area contributed by atoms with Gasteiger partial charge in [-0.15, -0.1) is 0 Å². The first-order valence-corrected chi connectivity index (χ1v) is 24.5. The largest absolute Gasteiger partial charge is 0.491 e. The molecular formula is C52H82O8. The van der Waals surface area contributed by atoms with Crippen LogP contribution in [0.1, 0.15) is 158 Å². The van der Waals surface area contributed by atoms with Crippen molar-refractivity contribution < 1.29 is 38.7 Å². The van der Waals surface area contributed by atoms with E-state index in [4.69, 9.17) is 18.9 Å². The predicted octanol–water partition coefficient (Wildman–Crippen LogP) is 10.8. The number of hydrogen-bond donors (Lipinski definition) is 2. The molecule has 60 heavy (non-hydrogen) atoms. The minimum Gasteiger partial charge on any atom is -0.491 e. The van der Waals surface area contributed by atoms with Crippen molar-refractivity contribution in [3.63, 3.8) is 0 Å². The van der Waals surface area contributed by atoms with Crippen molar-refractivity contribution >= 4 is 11.9 Å². The van der Waals surface area contributed by atoms with E-state index < -0.39 is 23.0 Å². The molecular weight excluding hydrogens is 753 g/mol. The Morgan fingerprint density at radius 1 is 0.567 bits per heavy atom. The lowest BCUT2D eigenvalue weighted by Crippen LogP contribution is -2.56. The van der Waals surface area contributed by atoms with Gasteiger partial charge in [0.1, 0.15) is 50.1 Å². The van der Waals surface area contributed by atoms with Crippen LogP contribution in [0.2, 0.25) is 0 Å². The Morgan fingerprint density at radius 2 is 0.950 bits per heavy atom. The van der Waals surface area contributed by atoms with E-state index in [-0.39, 0.29) is 49.2 Å². The highest BCUT2D eigenvalue weighted by Crippen LogP contribution is 2.66. The van der Waals surface area contributed by atoms with Crippen LogP contribution in [0.3, 0.4) is 0 Å². The molecule has 1 aromatic rings. The fourth-order valence-corrected chi connectivity index (χ4v) is 15.2. The van der Waals surface area contributed by atoms with Crippen molar-refractivity contribution in [2.75, 3.05) is 26.4 Å². The summed E-state index contributed by atoms with van der Waals surface area (Å²) in [6.07, 6.45) is 16.8.